The lowest BCUT2D eigenvalue weighted by atomic mass is 10.1. The predicted molar refractivity (Wildman–Crippen MR) is 70.2 cm³/mol. The van der Waals surface area contributed by atoms with Crippen LogP contribution in [0.3, 0.4) is 0 Å². The van der Waals surface area contributed by atoms with Gasteiger partial charge in [-0.05, 0) is 25.8 Å². The fourth-order valence-corrected chi connectivity index (χ4v) is 1.77. The van der Waals surface area contributed by atoms with E-state index in [-0.39, 0.29) is 6.04 Å². The zero-order chi connectivity index (χ0) is 13.0. The Balaban J connectivity index is 1.90. The average Bonchev–Trinajstić information content (AvgIpc) is 2.75. The van der Waals surface area contributed by atoms with Gasteiger partial charge in [0.25, 0.3) is 0 Å². The van der Waals surface area contributed by atoms with Crippen molar-refractivity contribution in [3.05, 3.63) is 47.1 Å². The third kappa shape index (κ3) is 3.67. The zero-order valence-corrected chi connectivity index (χ0v) is 10.9. The number of benzene rings is 1. The molecule has 0 saturated heterocycles. The Kier molecular flexibility index (Phi) is 4.10. The molecule has 2 aromatic rings. The first-order valence-corrected chi connectivity index (χ1v) is 6.26. The standard InChI is InChI=1S/C14H19N3O/c1-10-3-5-12(6-4-10)7-8-14-16-13(17-18-14)9-11(2)15/h3-6,11H,7-9,15H2,1-2H3. The van der Waals surface area contributed by atoms with Gasteiger partial charge in [0.05, 0.1) is 0 Å². The summed E-state index contributed by atoms with van der Waals surface area (Å²) in [6.45, 7) is 4.02. The highest BCUT2D eigenvalue weighted by Gasteiger charge is 2.08. The first-order chi connectivity index (χ1) is 8.63. The molecule has 1 unspecified atom stereocenters. The number of hydrogen-bond acceptors (Lipinski definition) is 4. The molecule has 1 aromatic heterocycles. The Bertz CT molecular complexity index is 488. The number of hydrogen-bond donors (Lipinski definition) is 1. The van der Waals surface area contributed by atoms with Crippen LogP contribution in [0.15, 0.2) is 28.8 Å². The molecule has 0 aliphatic heterocycles. The van der Waals surface area contributed by atoms with Gasteiger partial charge in [0.1, 0.15) is 0 Å². The Morgan fingerprint density at radius 2 is 1.94 bits per heavy atom. The van der Waals surface area contributed by atoms with E-state index in [4.69, 9.17) is 10.3 Å². The molecular formula is C14H19N3O. The fourth-order valence-electron chi connectivity index (χ4n) is 1.77. The third-order valence-electron chi connectivity index (χ3n) is 2.76. The van der Waals surface area contributed by atoms with Crippen LogP contribution in [0.4, 0.5) is 0 Å². The van der Waals surface area contributed by atoms with Crippen LogP contribution in [-0.4, -0.2) is 16.2 Å². The molecule has 4 nitrogen and oxygen atoms in total. The summed E-state index contributed by atoms with van der Waals surface area (Å²) in [6.07, 6.45) is 2.35. The topological polar surface area (TPSA) is 64.9 Å². The van der Waals surface area contributed by atoms with Crippen molar-refractivity contribution in [2.24, 2.45) is 5.73 Å². The van der Waals surface area contributed by atoms with E-state index < -0.39 is 0 Å². The molecule has 4 heteroatoms. The van der Waals surface area contributed by atoms with Gasteiger partial charge in [-0.15, -0.1) is 0 Å². The van der Waals surface area contributed by atoms with Gasteiger partial charge in [-0.3, -0.25) is 0 Å². The van der Waals surface area contributed by atoms with E-state index in [0.717, 1.165) is 12.8 Å². The lowest BCUT2D eigenvalue weighted by Gasteiger charge is -1.99. The maximum absolute atomic E-state index is 5.69. The molecule has 2 rings (SSSR count). The Morgan fingerprint density at radius 1 is 1.22 bits per heavy atom. The van der Waals surface area contributed by atoms with Crippen LogP contribution < -0.4 is 5.73 Å². The highest BCUT2D eigenvalue weighted by molar-refractivity contribution is 5.21. The van der Waals surface area contributed by atoms with Crippen molar-refractivity contribution in [2.45, 2.75) is 39.2 Å². The van der Waals surface area contributed by atoms with Crippen LogP contribution >= 0.6 is 0 Å². The van der Waals surface area contributed by atoms with Gasteiger partial charge in [0, 0.05) is 18.9 Å². The smallest absolute Gasteiger partial charge is 0.226 e. The van der Waals surface area contributed by atoms with Crippen molar-refractivity contribution < 1.29 is 4.52 Å². The molecule has 1 heterocycles. The lowest BCUT2D eigenvalue weighted by Crippen LogP contribution is -2.18. The van der Waals surface area contributed by atoms with Crippen LogP contribution in [-0.2, 0) is 19.3 Å². The molecule has 0 bridgehead atoms. The summed E-state index contributed by atoms with van der Waals surface area (Å²) in [5, 5.41) is 3.92. The largest absolute Gasteiger partial charge is 0.339 e. The van der Waals surface area contributed by atoms with E-state index in [1.165, 1.54) is 11.1 Å². The van der Waals surface area contributed by atoms with Crippen molar-refractivity contribution >= 4 is 0 Å². The molecule has 18 heavy (non-hydrogen) atoms. The van der Waals surface area contributed by atoms with Gasteiger partial charge in [0.15, 0.2) is 5.82 Å². The van der Waals surface area contributed by atoms with Gasteiger partial charge in [-0.2, -0.15) is 4.98 Å². The third-order valence-corrected chi connectivity index (χ3v) is 2.76. The van der Waals surface area contributed by atoms with E-state index in [2.05, 4.69) is 41.3 Å². The van der Waals surface area contributed by atoms with Gasteiger partial charge >= 0.3 is 0 Å². The van der Waals surface area contributed by atoms with Crippen LogP contribution in [0, 0.1) is 6.92 Å². The second-order valence-corrected chi connectivity index (χ2v) is 4.77. The first-order valence-electron chi connectivity index (χ1n) is 6.26. The average molecular weight is 245 g/mol. The lowest BCUT2D eigenvalue weighted by molar-refractivity contribution is 0.372. The summed E-state index contributed by atoms with van der Waals surface area (Å²) in [7, 11) is 0. The number of nitrogens with two attached hydrogens (primary N) is 1. The minimum absolute atomic E-state index is 0.0625. The molecule has 0 aliphatic carbocycles. The minimum atomic E-state index is 0.0625. The second kappa shape index (κ2) is 5.78. The maximum Gasteiger partial charge on any atom is 0.226 e. The quantitative estimate of drug-likeness (QED) is 0.875. The van der Waals surface area contributed by atoms with E-state index in [9.17, 15) is 0 Å². The van der Waals surface area contributed by atoms with Gasteiger partial charge in [-0.1, -0.05) is 35.0 Å². The fraction of sp³-hybridized carbons (Fsp3) is 0.429. The maximum atomic E-state index is 5.69. The van der Waals surface area contributed by atoms with Gasteiger partial charge in [0.2, 0.25) is 5.89 Å². The monoisotopic (exact) mass is 245 g/mol. The minimum Gasteiger partial charge on any atom is -0.339 e. The van der Waals surface area contributed by atoms with E-state index >= 15 is 0 Å². The van der Waals surface area contributed by atoms with Gasteiger partial charge in [-0.25, -0.2) is 0 Å². The van der Waals surface area contributed by atoms with Gasteiger partial charge < -0.3 is 10.3 Å². The predicted octanol–water partition coefficient (Wildman–Crippen LogP) is 2.05. The number of rotatable bonds is 5. The molecule has 0 spiro atoms. The molecule has 1 aromatic carbocycles. The number of aromatic nitrogens is 2. The molecule has 1 atom stereocenters. The van der Waals surface area contributed by atoms with E-state index in [0.29, 0.717) is 18.1 Å². The summed E-state index contributed by atoms with van der Waals surface area (Å²) < 4.78 is 5.19. The Labute approximate surface area is 107 Å². The molecule has 0 aliphatic rings. The van der Waals surface area contributed by atoms with Crippen molar-refractivity contribution in [2.75, 3.05) is 0 Å². The SMILES string of the molecule is Cc1ccc(CCc2nc(CC(C)N)no2)cc1. The van der Waals surface area contributed by atoms with E-state index in [1.54, 1.807) is 0 Å². The van der Waals surface area contributed by atoms with Crippen LogP contribution in [0.1, 0.15) is 29.8 Å². The number of aryl methyl sites for hydroxylation is 3. The Morgan fingerprint density at radius 3 is 2.61 bits per heavy atom. The second-order valence-electron chi connectivity index (χ2n) is 4.77. The zero-order valence-electron chi connectivity index (χ0n) is 10.9. The van der Waals surface area contributed by atoms with Crippen LogP contribution in [0.25, 0.3) is 0 Å². The summed E-state index contributed by atoms with van der Waals surface area (Å²) in [5.74, 6) is 1.38. The molecule has 96 valence electrons. The molecule has 0 saturated carbocycles. The van der Waals surface area contributed by atoms with Crippen molar-refractivity contribution in [3.8, 4) is 0 Å². The molecule has 2 N–H and O–H groups in total. The molecule has 0 radical (unpaired) electrons. The molecule has 0 amide bonds. The molecule has 0 fully saturated rings. The van der Waals surface area contributed by atoms with Crippen LogP contribution in [0.5, 0.6) is 0 Å². The summed E-state index contributed by atoms with van der Waals surface area (Å²) in [4.78, 5) is 4.33. The van der Waals surface area contributed by atoms with Crippen molar-refractivity contribution in [1.82, 2.24) is 10.1 Å². The first kappa shape index (κ1) is 12.8. The summed E-state index contributed by atoms with van der Waals surface area (Å²) >= 11 is 0. The highest BCUT2D eigenvalue weighted by atomic mass is 16.5. The molecular weight excluding hydrogens is 226 g/mol. The Hall–Kier alpha value is -1.68. The summed E-state index contributed by atoms with van der Waals surface area (Å²) in [5.41, 5.74) is 8.25. The number of nitrogens with zero attached hydrogens (tertiary/aromatic N) is 2. The highest BCUT2D eigenvalue weighted by Crippen LogP contribution is 2.08. The van der Waals surface area contributed by atoms with Crippen molar-refractivity contribution in [1.29, 1.82) is 0 Å². The summed E-state index contributed by atoms with van der Waals surface area (Å²) in [6, 6.07) is 8.56. The normalized spacial score (nSPS) is 12.6. The van der Waals surface area contributed by atoms with Crippen LogP contribution in [0.2, 0.25) is 0 Å². The van der Waals surface area contributed by atoms with E-state index in [1.807, 2.05) is 6.92 Å². The van der Waals surface area contributed by atoms with Crippen molar-refractivity contribution in [3.63, 3.8) is 0 Å².